The normalized spacial score (nSPS) is 18.3. The van der Waals surface area contributed by atoms with Gasteiger partial charge in [-0.15, -0.1) is 0 Å². The molecule has 0 radical (unpaired) electrons. The molecule has 1 atom stereocenters. The second-order valence-electron chi connectivity index (χ2n) is 6.59. The lowest BCUT2D eigenvalue weighted by Crippen LogP contribution is -2.20. The first-order chi connectivity index (χ1) is 11.0. The van der Waals surface area contributed by atoms with Crippen LogP contribution in [0.4, 0.5) is 0 Å². The molecule has 3 heteroatoms. The predicted octanol–water partition coefficient (Wildman–Crippen LogP) is 3.39. The van der Waals surface area contributed by atoms with Crippen LogP contribution in [0.15, 0.2) is 42.5 Å². The van der Waals surface area contributed by atoms with Gasteiger partial charge in [-0.05, 0) is 61.1 Å². The van der Waals surface area contributed by atoms with E-state index in [1.807, 2.05) is 19.1 Å². The van der Waals surface area contributed by atoms with Crippen molar-refractivity contribution in [2.24, 2.45) is 5.73 Å². The summed E-state index contributed by atoms with van der Waals surface area (Å²) in [4.78, 5) is 14.0. The van der Waals surface area contributed by atoms with Crippen molar-refractivity contribution >= 4 is 5.91 Å². The predicted molar refractivity (Wildman–Crippen MR) is 93.5 cm³/mol. The molecule has 1 amide bonds. The Morgan fingerprint density at radius 2 is 1.96 bits per heavy atom. The molecule has 1 aliphatic rings. The highest BCUT2D eigenvalue weighted by Gasteiger charge is 2.24. The van der Waals surface area contributed by atoms with Crippen molar-refractivity contribution < 1.29 is 4.79 Å². The van der Waals surface area contributed by atoms with Gasteiger partial charge >= 0.3 is 0 Å². The van der Waals surface area contributed by atoms with Crippen molar-refractivity contribution in [3.63, 3.8) is 0 Å². The monoisotopic (exact) mass is 308 g/mol. The second kappa shape index (κ2) is 6.55. The summed E-state index contributed by atoms with van der Waals surface area (Å²) in [5.41, 5.74) is 11.1. The van der Waals surface area contributed by atoms with Gasteiger partial charge in [0.15, 0.2) is 0 Å². The summed E-state index contributed by atoms with van der Waals surface area (Å²) in [5.74, 6) is 0.150. The van der Waals surface area contributed by atoms with Crippen molar-refractivity contribution in [1.82, 2.24) is 4.90 Å². The van der Waals surface area contributed by atoms with Crippen molar-refractivity contribution in [3.8, 4) is 0 Å². The van der Waals surface area contributed by atoms with Gasteiger partial charge in [0.25, 0.3) is 0 Å². The average Bonchev–Trinajstić information content (AvgIpc) is 2.98. The van der Waals surface area contributed by atoms with E-state index < -0.39 is 0 Å². The maximum Gasteiger partial charge on any atom is 0.248 e. The molecule has 1 saturated heterocycles. The zero-order valence-corrected chi connectivity index (χ0v) is 13.9. The number of benzene rings is 2. The van der Waals surface area contributed by atoms with E-state index in [2.05, 4.69) is 42.2 Å². The number of primary amides is 1. The maximum atomic E-state index is 11.5. The van der Waals surface area contributed by atoms with E-state index in [-0.39, 0.29) is 5.91 Å². The highest BCUT2D eigenvalue weighted by Crippen LogP contribution is 2.29. The minimum absolute atomic E-state index is 0.334. The molecule has 1 aliphatic heterocycles. The van der Waals surface area contributed by atoms with E-state index in [9.17, 15) is 4.79 Å². The topological polar surface area (TPSA) is 46.3 Å². The van der Waals surface area contributed by atoms with E-state index in [0.717, 1.165) is 31.6 Å². The molecule has 2 aromatic rings. The van der Waals surface area contributed by atoms with E-state index in [0.29, 0.717) is 11.5 Å². The summed E-state index contributed by atoms with van der Waals surface area (Å²) in [6.45, 7) is 7.23. The van der Waals surface area contributed by atoms with Crippen molar-refractivity contribution in [2.75, 3.05) is 13.1 Å². The van der Waals surface area contributed by atoms with Crippen molar-refractivity contribution in [2.45, 2.75) is 32.7 Å². The standard InChI is InChI=1S/C20H24N2O/c1-14-5-3-4-6-17(14)12-22-10-9-18(13-22)16-8-7-15(2)19(11-16)20(21)23/h3-8,11,18H,9-10,12-13H2,1-2H3,(H2,21,23). The first-order valence-electron chi connectivity index (χ1n) is 8.22. The second-order valence-corrected chi connectivity index (χ2v) is 6.59. The Balaban J connectivity index is 1.72. The van der Waals surface area contributed by atoms with Gasteiger partial charge in [-0.2, -0.15) is 0 Å². The minimum atomic E-state index is -0.334. The SMILES string of the molecule is Cc1ccccc1CN1CCC(c2ccc(C)c(C(N)=O)c2)C1. The van der Waals surface area contributed by atoms with Gasteiger partial charge in [0.2, 0.25) is 5.91 Å². The lowest BCUT2D eigenvalue weighted by Gasteiger charge is -2.18. The number of amides is 1. The number of nitrogens with two attached hydrogens (primary N) is 1. The van der Waals surface area contributed by atoms with Gasteiger partial charge in [0.05, 0.1) is 0 Å². The Labute approximate surface area is 138 Å². The molecule has 2 aromatic carbocycles. The molecule has 0 aliphatic carbocycles. The largest absolute Gasteiger partial charge is 0.366 e. The van der Waals surface area contributed by atoms with Gasteiger partial charge in [-0.1, -0.05) is 36.4 Å². The zero-order valence-electron chi connectivity index (χ0n) is 13.9. The number of hydrogen-bond donors (Lipinski definition) is 1. The number of hydrogen-bond acceptors (Lipinski definition) is 2. The van der Waals surface area contributed by atoms with E-state index in [1.54, 1.807) is 0 Å². The molecule has 0 bridgehead atoms. The molecule has 1 unspecified atom stereocenters. The van der Waals surface area contributed by atoms with Crippen molar-refractivity contribution in [3.05, 3.63) is 70.3 Å². The van der Waals surface area contributed by atoms with Crippen LogP contribution in [0.2, 0.25) is 0 Å². The fourth-order valence-corrected chi connectivity index (χ4v) is 3.44. The Morgan fingerprint density at radius 3 is 2.70 bits per heavy atom. The van der Waals surface area contributed by atoms with Gasteiger partial charge in [0.1, 0.15) is 0 Å². The van der Waals surface area contributed by atoms with Crippen molar-refractivity contribution in [1.29, 1.82) is 0 Å². The number of likely N-dealkylation sites (tertiary alicyclic amines) is 1. The van der Waals surface area contributed by atoms with Crippen LogP contribution in [0.5, 0.6) is 0 Å². The first kappa shape index (κ1) is 15.8. The van der Waals surface area contributed by atoms with Crippen LogP contribution in [-0.4, -0.2) is 23.9 Å². The van der Waals surface area contributed by atoms with Crippen LogP contribution in [-0.2, 0) is 6.54 Å². The molecule has 0 saturated carbocycles. The van der Waals surface area contributed by atoms with Crippen LogP contribution in [0, 0.1) is 13.8 Å². The van der Waals surface area contributed by atoms with E-state index in [4.69, 9.17) is 5.73 Å². The fraction of sp³-hybridized carbons (Fsp3) is 0.350. The van der Waals surface area contributed by atoms with E-state index >= 15 is 0 Å². The summed E-state index contributed by atoms with van der Waals surface area (Å²) >= 11 is 0. The third-order valence-electron chi connectivity index (χ3n) is 4.93. The molecule has 120 valence electrons. The van der Waals surface area contributed by atoms with Gasteiger partial charge in [0, 0.05) is 18.7 Å². The molecule has 2 N–H and O–H groups in total. The smallest absolute Gasteiger partial charge is 0.248 e. The van der Waals surface area contributed by atoms with Crippen LogP contribution in [0.3, 0.4) is 0 Å². The first-order valence-corrected chi connectivity index (χ1v) is 8.22. The average molecular weight is 308 g/mol. The highest BCUT2D eigenvalue weighted by atomic mass is 16.1. The van der Waals surface area contributed by atoms with Crippen LogP contribution < -0.4 is 5.73 Å². The molecule has 23 heavy (non-hydrogen) atoms. The molecule has 0 spiro atoms. The van der Waals surface area contributed by atoms with Crippen LogP contribution in [0.25, 0.3) is 0 Å². The molecule has 0 aromatic heterocycles. The molecule has 1 heterocycles. The van der Waals surface area contributed by atoms with E-state index in [1.165, 1.54) is 16.7 Å². The highest BCUT2D eigenvalue weighted by molar-refractivity contribution is 5.94. The minimum Gasteiger partial charge on any atom is -0.366 e. The lowest BCUT2D eigenvalue weighted by molar-refractivity contribution is 0.0999. The summed E-state index contributed by atoms with van der Waals surface area (Å²) < 4.78 is 0. The number of rotatable bonds is 4. The lowest BCUT2D eigenvalue weighted by atomic mass is 9.94. The maximum absolute atomic E-state index is 11.5. The Bertz CT molecular complexity index is 723. The molecular formula is C20H24N2O. The van der Waals surface area contributed by atoms with Gasteiger partial charge in [-0.25, -0.2) is 0 Å². The third kappa shape index (κ3) is 3.45. The molecular weight excluding hydrogens is 284 g/mol. The summed E-state index contributed by atoms with van der Waals surface area (Å²) in [6.07, 6.45) is 1.13. The quantitative estimate of drug-likeness (QED) is 0.941. The fourth-order valence-electron chi connectivity index (χ4n) is 3.44. The number of nitrogens with zero attached hydrogens (tertiary/aromatic N) is 1. The summed E-state index contributed by atoms with van der Waals surface area (Å²) in [6, 6.07) is 14.7. The Hall–Kier alpha value is -2.13. The Kier molecular flexibility index (Phi) is 4.49. The third-order valence-corrected chi connectivity index (χ3v) is 4.93. The summed E-state index contributed by atoms with van der Waals surface area (Å²) in [5, 5.41) is 0. The van der Waals surface area contributed by atoms with Gasteiger partial charge < -0.3 is 5.73 Å². The zero-order chi connectivity index (χ0) is 16.4. The summed E-state index contributed by atoms with van der Waals surface area (Å²) in [7, 11) is 0. The van der Waals surface area contributed by atoms with Crippen LogP contribution in [0.1, 0.15) is 45.0 Å². The molecule has 3 nitrogen and oxygen atoms in total. The molecule has 1 fully saturated rings. The van der Waals surface area contributed by atoms with Gasteiger partial charge in [-0.3, -0.25) is 9.69 Å². The Morgan fingerprint density at radius 1 is 1.17 bits per heavy atom. The number of carbonyl (C=O) groups is 1. The number of aryl methyl sites for hydroxylation is 2. The van der Waals surface area contributed by atoms with Crippen LogP contribution >= 0.6 is 0 Å². The number of carbonyl (C=O) groups excluding carboxylic acids is 1. The molecule has 3 rings (SSSR count).